The van der Waals surface area contributed by atoms with E-state index in [1.165, 1.54) is 0 Å². The molecule has 0 aliphatic heterocycles. The topological polar surface area (TPSA) is 187 Å². The maximum absolute atomic E-state index is 13.9. The van der Waals surface area contributed by atoms with E-state index in [1.807, 2.05) is 60.7 Å². The molecule has 51 heavy (non-hydrogen) atoms. The highest BCUT2D eigenvalue weighted by atomic mass is 16.6. The van der Waals surface area contributed by atoms with E-state index in [9.17, 15) is 19.2 Å². The molecule has 2 aliphatic rings. The van der Waals surface area contributed by atoms with Crippen LogP contribution in [0.2, 0.25) is 0 Å². The Morgan fingerprint density at radius 2 is 0.961 bits per heavy atom. The van der Waals surface area contributed by atoms with Crippen LogP contribution in [0.15, 0.2) is 60.7 Å². The number of carbonyl (C=O) groups is 4. The van der Waals surface area contributed by atoms with E-state index in [0.717, 1.165) is 57.3 Å². The first-order chi connectivity index (χ1) is 24.8. The molecule has 8 N–H and O–H groups in total. The zero-order chi connectivity index (χ0) is 36.4. The van der Waals surface area contributed by atoms with Gasteiger partial charge in [-0.2, -0.15) is 0 Å². The number of nitrogens with one attached hydrogen (secondary N) is 4. The minimum absolute atomic E-state index is 0.296. The van der Waals surface area contributed by atoms with Crippen LogP contribution in [0.4, 0.5) is 0 Å². The van der Waals surface area contributed by atoms with E-state index in [-0.39, 0.29) is 11.8 Å². The number of hydrogen-bond donors (Lipinski definition) is 6. The summed E-state index contributed by atoms with van der Waals surface area (Å²) < 4.78 is 11.9. The van der Waals surface area contributed by atoms with Gasteiger partial charge in [0.25, 0.3) is 0 Å². The van der Waals surface area contributed by atoms with Gasteiger partial charge in [0.1, 0.15) is 23.3 Å². The van der Waals surface area contributed by atoms with Gasteiger partial charge in [0.05, 0.1) is 0 Å². The lowest BCUT2D eigenvalue weighted by Gasteiger charge is -2.36. The van der Waals surface area contributed by atoms with Crippen molar-refractivity contribution in [3.05, 3.63) is 71.8 Å². The SMILES string of the molecule is NCCCC(NC(=O)C1(C(=O)NCc2ccccc2)CCCCC1)O[B]OC(CCCN)NC(=O)C1(C(=O)NCc2ccccc2)CCCCC1. The largest absolute Gasteiger partial charge is 0.491 e. The second kappa shape index (κ2) is 20.9. The van der Waals surface area contributed by atoms with Crippen molar-refractivity contribution in [2.45, 2.75) is 115 Å². The maximum Gasteiger partial charge on any atom is 0.491 e. The second-order valence-corrected chi connectivity index (χ2v) is 13.8. The molecule has 0 aromatic heterocycles. The van der Waals surface area contributed by atoms with Gasteiger partial charge in [0, 0.05) is 13.1 Å². The summed E-state index contributed by atoms with van der Waals surface area (Å²) in [6.07, 6.45) is 7.00. The van der Waals surface area contributed by atoms with Crippen LogP contribution >= 0.6 is 0 Å². The van der Waals surface area contributed by atoms with Crippen molar-refractivity contribution in [1.29, 1.82) is 0 Å². The lowest BCUT2D eigenvalue weighted by Crippen LogP contribution is -2.55. The summed E-state index contributed by atoms with van der Waals surface area (Å²) >= 11 is 0. The predicted octanol–water partition coefficient (Wildman–Crippen LogP) is 3.45. The van der Waals surface area contributed by atoms with Gasteiger partial charge in [-0.15, -0.1) is 0 Å². The van der Waals surface area contributed by atoms with Crippen LogP contribution in [0.25, 0.3) is 0 Å². The van der Waals surface area contributed by atoms with Crippen LogP contribution in [0.5, 0.6) is 0 Å². The Labute approximate surface area is 303 Å². The lowest BCUT2D eigenvalue weighted by atomic mass is 9.72. The molecule has 4 rings (SSSR count). The van der Waals surface area contributed by atoms with E-state index >= 15 is 0 Å². The van der Waals surface area contributed by atoms with Gasteiger partial charge in [-0.05, 0) is 75.6 Å². The Balaban J connectivity index is 1.38. The van der Waals surface area contributed by atoms with Crippen LogP contribution in [-0.2, 0) is 41.6 Å². The van der Waals surface area contributed by atoms with Crippen LogP contribution in [0.1, 0.15) is 101 Å². The molecule has 2 fully saturated rings. The molecule has 12 nitrogen and oxygen atoms in total. The third-order valence-electron chi connectivity index (χ3n) is 10.1. The van der Waals surface area contributed by atoms with Gasteiger partial charge < -0.3 is 42.0 Å². The normalized spacial score (nSPS) is 17.7. The molecule has 4 amide bonds. The summed E-state index contributed by atoms with van der Waals surface area (Å²) in [5, 5.41) is 11.9. The molecular weight excluding hydrogens is 647 g/mol. The van der Waals surface area contributed by atoms with Gasteiger partial charge in [0.2, 0.25) is 23.6 Å². The summed E-state index contributed by atoms with van der Waals surface area (Å²) in [6, 6.07) is 19.2. The Hall–Kier alpha value is -3.78. The standard InChI is InChI=1S/C38H56BN6O6/c40-25-13-19-31(44-35(48)37(21-9-3-10-22-37)33(46)42-27-29-15-5-1-6-16-29)50-39-51-32(20-14-26-41)45-36(49)38(23-11-4-12-24-38)34(47)43-28-30-17-7-2-8-18-30/h1-2,5-8,15-18,31-32H,3-4,9-14,19-28,40-41H2,(H,42,46)(H,43,47)(H,44,48)(H,45,49). The van der Waals surface area contributed by atoms with Crippen molar-refractivity contribution in [3.63, 3.8) is 0 Å². The highest BCUT2D eigenvalue weighted by Crippen LogP contribution is 2.38. The summed E-state index contributed by atoms with van der Waals surface area (Å²) in [5.41, 5.74) is 11.1. The van der Waals surface area contributed by atoms with E-state index < -0.39 is 35.1 Å². The Morgan fingerprint density at radius 1 is 0.588 bits per heavy atom. The van der Waals surface area contributed by atoms with Gasteiger partial charge in [-0.25, -0.2) is 0 Å². The van der Waals surface area contributed by atoms with E-state index in [2.05, 4.69) is 21.3 Å². The molecule has 2 aromatic carbocycles. The fourth-order valence-electron chi connectivity index (χ4n) is 7.01. The number of hydrogen-bond acceptors (Lipinski definition) is 8. The molecule has 2 unspecified atom stereocenters. The van der Waals surface area contributed by atoms with Crippen molar-refractivity contribution in [2.24, 2.45) is 22.3 Å². The third kappa shape index (κ3) is 11.6. The first-order valence-electron chi connectivity index (χ1n) is 18.6. The number of rotatable bonds is 20. The number of amides is 4. The molecule has 277 valence electrons. The molecule has 2 saturated carbocycles. The summed E-state index contributed by atoms with van der Waals surface area (Å²) in [5.74, 6) is -1.38. The minimum atomic E-state index is -1.22. The summed E-state index contributed by atoms with van der Waals surface area (Å²) in [7, 11) is 1.12. The molecule has 1 radical (unpaired) electrons. The van der Waals surface area contributed by atoms with Crippen LogP contribution in [-0.4, -0.2) is 56.9 Å². The van der Waals surface area contributed by atoms with Gasteiger partial charge in [0.15, 0.2) is 0 Å². The van der Waals surface area contributed by atoms with Crippen molar-refractivity contribution in [1.82, 2.24) is 21.3 Å². The highest BCUT2D eigenvalue weighted by molar-refractivity contribution is 6.18. The first kappa shape index (κ1) is 40.0. The molecule has 0 heterocycles. The Morgan fingerprint density at radius 3 is 1.31 bits per heavy atom. The number of nitrogens with two attached hydrogens (primary N) is 2. The van der Waals surface area contributed by atoms with E-state index in [0.29, 0.717) is 77.5 Å². The average molecular weight is 704 g/mol. The van der Waals surface area contributed by atoms with Crippen LogP contribution in [0.3, 0.4) is 0 Å². The fourth-order valence-corrected chi connectivity index (χ4v) is 7.01. The summed E-state index contributed by atoms with van der Waals surface area (Å²) in [6.45, 7) is 1.41. The third-order valence-corrected chi connectivity index (χ3v) is 10.1. The minimum Gasteiger partial charge on any atom is -0.393 e. The predicted molar refractivity (Wildman–Crippen MR) is 196 cm³/mol. The molecule has 2 aromatic rings. The molecule has 0 saturated heterocycles. The first-order valence-corrected chi connectivity index (χ1v) is 18.6. The second-order valence-electron chi connectivity index (χ2n) is 13.8. The Kier molecular flexibility index (Phi) is 16.4. The molecular formula is C38H56BN6O6. The van der Waals surface area contributed by atoms with Crippen molar-refractivity contribution in [2.75, 3.05) is 13.1 Å². The zero-order valence-corrected chi connectivity index (χ0v) is 29.8. The lowest BCUT2D eigenvalue weighted by molar-refractivity contribution is -0.148. The monoisotopic (exact) mass is 703 g/mol. The van der Waals surface area contributed by atoms with Crippen LogP contribution in [0, 0.1) is 10.8 Å². The number of carbonyl (C=O) groups excluding carboxylic acids is 4. The zero-order valence-electron chi connectivity index (χ0n) is 29.8. The summed E-state index contributed by atoms with van der Waals surface area (Å²) in [4.78, 5) is 55.0. The van der Waals surface area contributed by atoms with Gasteiger partial charge >= 0.3 is 7.69 Å². The molecule has 0 spiro atoms. The van der Waals surface area contributed by atoms with Gasteiger partial charge in [-0.1, -0.05) is 99.2 Å². The molecule has 2 atom stereocenters. The van der Waals surface area contributed by atoms with Gasteiger partial charge in [-0.3, -0.25) is 19.2 Å². The molecule has 13 heteroatoms. The van der Waals surface area contributed by atoms with Crippen molar-refractivity contribution in [3.8, 4) is 0 Å². The number of benzene rings is 2. The molecule has 2 aliphatic carbocycles. The quantitative estimate of drug-likeness (QED) is 0.0688. The van der Waals surface area contributed by atoms with E-state index in [1.54, 1.807) is 0 Å². The average Bonchev–Trinajstić information content (AvgIpc) is 3.18. The molecule has 0 bridgehead atoms. The Bertz CT molecular complexity index is 1270. The van der Waals surface area contributed by atoms with Crippen molar-refractivity contribution >= 4 is 31.3 Å². The smallest absolute Gasteiger partial charge is 0.393 e. The highest BCUT2D eigenvalue weighted by Gasteiger charge is 2.48. The van der Waals surface area contributed by atoms with E-state index in [4.69, 9.17) is 20.8 Å². The fraction of sp³-hybridized carbons (Fsp3) is 0.579. The maximum atomic E-state index is 13.9. The van der Waals surface area contributed by atoms with Crippen LogP contribution < -0.4 is 32.7 Å². The van der Waals surface area contributed by atoms with Crippen molar-refractivity contribution < 1.29 is 28.5 Å².